The van der Waals surface area contributed by atoms with Gasteiger partial charge in [-0.25, -0.2) is 14.4 Å². The number of likely N-dealkylation sites (tertiary alicyclic amines) is 2. The Balaban J connectivity index is 0.000000208. The van der Waals surface area contributed by atoms with Crippen LogP contribution in [0.3, 0.4) is 0 Å². The highest BCUT2D eigenvalue weighted by Crippen LogP contribution is 2.45. The fourth-order valence-electron chi connectivity index (χ4n) is 9.56. The van der Waals surface area contributed by atoms with Crippen LogP contribution in [0.15, 0.2) is 97.1 Å². The maximum atomic E-state index is 13.2. The van der Waals surface area contributed by atoms with Crippen LogP contribution in [0.1, 0.15) is 87.5 Å². The molecule has 368 valence electrons. The van der Waals surface area contributed by atoms with Crippen molar-refractivity contribution in [3.8, 4) is 22.3 Å². The summed E-state index contributed by atoms with van der Waals surface area (Å²) in [5.74, 6) is -5.43. The lowest BCUT2D eigenvalue weighted by molar-refractivity contribution is -0.152. The summed E-state index contributed by atoms with van der Waals surface area (Å²) in [7, 11) is 0. The average molecular weight is 959 g/mol. The van der Waals surface area contributed by atoms with Gasteiger partial charge in [0.1, 0.15) is 31.3 Å². The topological polar surface area (TPSA) is 235 Å². The van der Waals surface area contributed by atoms with Crippen molar-refractivity contribution in [2.75, 3.05) is 39.5 Å². The first-order valence-electron chi connectivity index (χ1n) is 23.4. The first-order valence-corrected chi connectivity index (χ1v) is 23.4. The van der Waals surface area contributed by atoms with E-state index < -0.39 is 77.9 Å². The number of fused-ring (bicyclic) bond motifs is 6. The van der Waals surface area contributed by atoms with Gasteiger partial charge in [-0.15, -0.1) is 0 Å². The molecule has 4 aromatic rings. The number of Topliss-reactive ketones (excluding diaryl/α,β-unsaturated/α-hetero) is 3. The highest BCUT2D eigenvalue weighted by molar-refractivity contribution is 6.39. The number of rotatable bonds is 15. The Bertz CT molecular complexity index is 2570. The molecule has 4 aliphatic rings. The fourth-order valence-corrected chi connectivity index (χ4v) is 9.56. The van der Waals surface area contributed by atoms with Crippen molar-refractivity contribution < 1.29 is 62.8 Å². The van der Waals surface area contributed by atoms with E-state index >= 15 is 0 Å². The molecule has 2 saturated heterocycles. The van der Waals surface area contributed by atoms with Gasteiger partial charge in [0.2, 0.25) is 11.6 Å². The van der Waals surface area contributed by atoms with Gasteiger partial charge in [-0.05, 0) is 97.9 Å². The van der Waals surface area contributed by atoms with Crippen LogP contribution in [0.5, 0.6) is 0 Å². The highest BCUT2D eigenvalue weighted by Gasteiger charge is 2.41. The first-order chi connectivity index (χ1) is 33.5. The van der Waals surface area contributed by atoms with E-state index in [1.165, 1.54) is 11.8 Å². The Kier molecular flexibility index (Phi) is 15.9. The number of ether oxygens (including phenoxy) is 3. The number of carboxylic acids is 1. The van der Waals surface area contributed by atoms with E-state index in [0.717, 1.165) is 49.4 Å². The van der Waals surface area contributed by atoms with Crippen molar-refractivity contribution in [1.82, 2.24) is 20.4 Å². The lowest BCUT2D eigenvalue weighted by atomic mass is 9.98. The number of carbonyl (C=O) groups excluding carboxylic acids is 7. The number of amides is 4. The molecule has 4 atom stereocenters. The number of carbonyl (C=O) groups is 8. The van der Waals surface area contributed by atoms with Crippen LogP contribution >= 0.6 is 0 Å². The molecule has 8 rings (SSSR count). The number of hydrogen-bond acceptors (Lipinski definition) is 12. The summed E-state index contributed by atoms with van der Waals surface area (Å²) in [6.07, 6.45) is 0.115. The summed E-state index contributed by atoms with van der Waals surface area (Å²) < 4.78 is 16.7. The second kappa shape index (κ2) is 22.0. The summed E-state index contributed by atoms with van der Waals surface area (Å²) >= 11 is 0. The van der Waals surface area contributed by atoms with E-state index in [1.54, 1.807) is 0 Å². The molecule has 0 bridgehead atoms. The summed E-state index contributed by atoms with van der Waals surface area (Å²) in [6.45, 7) is 6.38. The van der Waals surface area contributed by atoms with Gasteiger partial charge in [-0.1, -0.05) is 97.1 Å². The Hall–Kier alpha value is -7.24. The molecule has 4 aromatic carbocycles. The van der Waals surface area contributed by atoms with Crippen LogP contribution in [0.25, 0.3) is 22.3 Å². The molecule has 4 N–H and O–H groups in total. The molecule has 0 aromatic heterocycles. The minimum absolute atomic E-state index is 0.00730. The second-order valence-electron chi connectivity index (χ2n) is 18.6. The third-order valence-corrected chi connectivity index (χ3v) is 13.0. The fraction of sp³-hybridized carbons (Fsp3) is 0.396. The number of ketones is 3. The predicted molar refractivity (Wildman–Crippen MR) is 255 cm³/mol. The van der Waals surface area contributed by atoms with Gasteiger partial charge in [0.25, 0.3) is 11.8 Å². The highest BCUT2D eigenvalue weighted by atomic mass is 16.6. The van der Waals surface area contributed by atoms with Crippen LogP contribution in [-0.4, -0.2) is 137 Å². The van der Waals surface area contributed by atoms with Gasteiger partial charge in [0, 0.05) is 24.9 Å². The van der Waals surface area contributed by atoms with Crippen molar-refractivity contribution in [3.05, 3.63) is 119 Å². The number of carboxylic acid groups (broad SMARTS) is 1. The van der Waals surface area contributed by atoms with Crippen molar-refractivity contribution in [1.29, 1.82) is 0 Å². The van der Waals surface area contributed by atoms with Crippen molar-refractivity contribution in [2.24, 2.45) is 0 Å². The average Bonchev–Trinajstić information content (AvgIpc) is 4.17. The maximum absolute atomic E-state index is 13.2. The number of nitrogens with zero attached hydrogens (tertiary/aromatic N) is 2. The Labute approximate surface area is 405 Å². The molecule has 0 unspecified atom stereocenters. The van der Waals surface area contributed by atoms with Gasteiger partial charge in [0.05, 0.1) is 24.9 Å². The molecule has 2 heterocycles. The number of aliphatic hydroxyl groups excluding tert-OH is 1. The van der Waals surface area contributed by atoms with Crippen molar-refractivity contribution in [2.45, 2.75) is 95.0 Å². The maximum Gasteiger partial charge on any atom is 0.407 e. The molecular weight excluding hydrogens is 901 g/mol. The zero-order chi connectivity index (χ0) is 50.3. The molecule has 0 saturated carbocycles. The molecule has 17 nitrogen and oxygen atoms in total. The quantitative estimate of drug-likeness (QED) is 0.110. The van der Waals surface area contributed by atoms with E-state index in [-0.39, 0.29) is 50.4 Å². The second-order valence-corrected chi connectivity index (χ2v) is 18.6. The Morgan fingerprint density at radius 3 is 1.36 bits per heavy atom. The minimum atomic E-state index is -1.52. The number of benzene rings is 4. The monoisotopic (exact) mass is 958 g/mol. The van der Waals surface area contributed by atoms with E-state index in [0.29, 0.717) is 25.8 Å². The predicted octanol–water partition coefficient (Wildman–Crippen LogP) is 5.39. The third kappa shape index (κ3) is 11.3. The molecule has 0 spiro atoms. The smallest absolute Gasteiger partial charge is 0.407 e. The van der Waals surface area contributed by atoms with E-state index in [2.05, 4.69) is 10.6 Å². The van der Waals surface area contributed by atoms with Crippen molar-refractivity contribution in [3.63, 3.8) is 0 Å². The molecule has 70 heavy (non-hydrogen) atoms. The molecule has 17 heteroatoms. The van der Waals surface area contributed by atoms with E-state index in [1.807, 2.05) is 118 Å². The lowest BCUT2D eigenvalue weighted by Gasteiger charge is -2.27. The Morgan fingerprint density at radius 2 is 0.971 bits per heavy atom. The van der Waals surface area contributed by atoms with Gasteiger partial charge >= 0.3 is 18.2 Å². The zero-order valence-corrected chi connectivity index (χ0v) is 39.6. The number of aliphatic carboxylic acids is 1. The zero-order valence-electron chi connectivity index (χ0n) is 39.6. The number of aliphatic hydroxyl groups is 1. The van der Waals surface area contributed by atoms with Gasteiger partial charge in [-0.2, -0.15) is 0 Å². The number of hydrogen-bond donors (Lipinski definition) is 4. The molecule has 0 radical (unpaired) electrons. The normalized spacial score (nSPS) is 17.7. The molecule has 2 aliphatic heterocycles. The summed E-state index contributed by atoms with van der Waals surface area (Å²) in [6, 6.07) is 27.2. The van der Waals surface area contributed by atoms with E-state index in [4.69, 9.17) is 14.2 Å². The summed E-state index contributed by atoms with van der Waals surface area (Å²) in [5, 5.41) is 23.6. The molecule has 2 aliphatic carbocycles. The minimum Gasteiger partial charge on any atom is -0.480 e. The first kappa shape index (κ1) is 50.6. The van der Waals surface area contributed by atoms with Crippen LogP contribution < -0.4 is 10.6 Å². The van der Waals surface area contributed by atoms with E-state index in [9.17, 15) is 48.6 Å². The van der Waals surface area contributed by atoms with Crippen LogP contribution in [0.4, 0.5) is 9.59 Å². The van der Waals surface area contributed by atoms with Crippen LogP contribution in [0.2, 0.25) is 0 Å². The summed E-state index contributed by atoms with van der Waals surface area (Å²) in [5.41, 5.74) is 7.92. The third-order valence-electron chi connectivity index (χ3n) is 13.0. The van der Waals surface area contributed by atoms with Crippen molar-refractivity contribution >= 4 is 47.3 Å². The number of alkyl carbamates (subject to hydrolysis) is 2. The molecule has 2 fully saturated rings. The number of nitrogens with one attached hydrogen (secondary N) is 2. The van der Waals surface area contributed by atoms with Gasteiger partial charge in [0.15, 0.2) is 5.78 Å². The van der Waals surface area contributed by atoms with Crippen LogP contribution in [-0.2, 0) is 43.0 Å². The Morgan fingerprint density at radius 1 is 0.600 bits per heavy atom. The van der Waals surface area contributed by atoms with Gasteiger partial charge < -0.3 is 44.9 Å². The SMILES string of the molecule is CC(=O)[C@@H]1CCCN1C(=O)C(=O)[C@H](COC(C)(C)C)NC(=O)OCC1c2ccccc2-c2ccccc21.O=C(N[C@@H](CO)C(=O)C(=O)N1CCC[C@H]1C(=O)O)OCC1c2ccccc2-c2ccccc21. The van der Waals surface area contributed by atoms with Gasteiger partial charge in [-0.3, -0.25) is 24.0 Å². The molecular formula is C53H58N4O13. The lowest BCUT2D eigenvalue weighted by Crippen LogP contribution is -2.53. The largest absolute Gasteiger partial charge is 0.480 e. The summed E-state index contributed by atoms with van der Waals surface area (Å²) in [4.78, 5) is 102. The standard InChI is InChI=1S/C29H34N2O6.C24H24N2O7/c1-18(32)25-14-9-15-31(25)27(34)26(33)24(17-37-29(2,3)4)30-28(35)36-16-23-21-12-7-5-10-19(21)20-11-6-8-13-22(20)23;27-12-19(21(28)22(29)26-11-5-10-20(26)23(30)31)25-24(32)33-13-18-16-8-3-1-6-14(16)15-7-2-4-9-17(15)18/h5-8,10-13,23-25H,9,14-17H2,1-4H3,(H,30,35);1-4,6-9,18-20,27H,5,10-13H2,(H,25,32)(H,30,31)/t24-,25-;19-,20-/m00/s1. The molecule has 4 amide bonds. The van der Waals surface area contributed by atoms with Crippen LogP contribution in [0, 0.1) is 0 Å².